The van der Waals surface area contributed by atoms with E-state index in [0.29, 0.717) is 11.4 Å². The minimum Gasteiger partial charge on any atom is -0.452 e. The zero-order valence-corrected chi connectivity index (χ0v) is 13.1. The summed E-state index contributed by atoms with van der Waals surface area (Å²) >= 11 is 12.1. The SMILES string of the molecule is O=C1CN(c2ccccc2Oc2c(Cl)cncc2Cl)NC(=O)N1. The van der Waals surface area contributed by atoms with Crippen molar-refractivity contribution < 1.29 is 14.3 Å². The first kappa shape index (κ1) is 15.4. The lowest BCUT2D eigenvalue weighted by Crippen LogP contribution is -2.59. The van der Waals surface area contributed by atoms with Crippen molar-refractivity contribution >= 4 is 40.8 Å². The number of carbonyl (C=O) groups is 2. The normalized spacial score (nSPS) is 14.3. The second-order valence-electron chi connectivity index (χ2n) is 4.58. The molecule has 3 amide bonds. The van der Waals surface area contributed by atoms with Crippen LogP contribution in [0.1, 0.15) is 0 Å². The highest BCUT2D eigenvalue weighted by atomic mass is 35.5. The number of aromatic nitrogens is 1. The van der Waals surface area contributed by atoms with Gasteiger partial charge in [0.1, 0.15) is 22.3 Å². The van der Waals surface area contributed by atoms with Crippen molar-refractivity contribution in [1.82, 2.24) is 15.7 Å². The molecule has 9 heteroatoms. The predicted octanol–water partition coefficient (Wildman–Crippen LogP) is 2.74. The molecule has 2 N–H and O–H groups in total. The van der Waals surface area contributed by atoms with Gasteiger partial charge in [-0.3, -0.25) is 20.1 Å². The molecule has 1 aromatic carbocycles. The Kier molecular flexibility index (Phi) is 4.22. The number of hydrogen-bond donors (Lipinski definition) is 2. The fraction of sp³-hybridized carbons (Fsp3) is 0.0714. The van der Waals surface area contributed by atoms with E-state index in [1.165, 1.54) is 17.4 Å². The first-order chi connectivity index (χ1) is 11.0. The van der Waals surface area contributed by atoms with E-state index in [2.05, 4.69) is 15.7 Å². The van der Waals surface area contributed by atoms with Gasteiger partial charge in [0.2, 0.25) is 5.91 Å². The molecule has 0 unspecified atom stereocenters. The number of ether oxygens (including phenoxy) is 1. The van der Waals surface area contributed by atoms with Gasteiger partial charge in [0.15, 0.2) is 11.5 Å². The standard InChI is InChI=1S/C14H10Cl2N4O3/c15-8-5-17-6-9(16)13(8)23-11-4-2-1-3-10(11)20-7-12(21)18-14(22)19-20/h1-6H,7H2,(H2,18,19,21,22). The Morgan fingerprint density at radius 2 is 1.83 bits per heavy atom. The highest BCUT2D eigenvalue weighted by Crippen LogP contribution is 2.38. The van der Waals surface area contributed by atoms with Gasteiger partial charge in [-0.25, -0.2) is 10.2 Å². The summed E-state index contributed by atoms with van der Waals surface area (Å²) in [7, 11) is 0. The maximum absolute atomic E-state index is 11.5. The topological polar surface area (TPSA) is 83.6 Å². The molecule has 1 fully saturated rings. The average molecular weight is 353 g/mol. The summed E-state index contributed by atoms with van der Waals surface area (Å²) in [6, 6.07) is 6.24. The number of carbonyl (C=O) groups excluding carboxylic acids is 2. The molecular formula is C14H10Cl2N4O3. The molecular weight excluding hydrogens is 343 g/mol. The average Bonchev–Trinajstić information content (AvgIpc) is 2.50. The van der Waals surface area contributed by atoms with Crippen molar-refractivity contribution in [3.05, 3.63) is 46.7 Å². The number of benzene rings is 1. The van der Waals surface area contributed by atoms with Crippen molar-refractivity contribution in [1.29, 1.82) is 0 Å². The number of rotatable bonds is 3. The van der Waals surface area contributed by atoms with Crippen LogP contribution >= 0.6 is 23.2 Å². The van der Waals surface area contributed by atoms with Crippen LogP contribution in [0.3, 0.4) is 0 Å². The quantitative estimate of drug-likeness (QED) is 0.887. The Hall–Kier alpha value is -2.51. The van der Waals surface area contributed by atoms with Crippen LogP contribution in [0.2, 0.25) is 10.0 Å². The zero-order chi connectivity index (χ0) is 16.4. The van der Waals surface area contributed by atoms with Crippen LogP contribution in [0.4, 0.5) is 10.5 Å². The van der Waals surface area contributed by atoms with E-state index < -0.39 is 11.9 Å². The molecule has 0 aliphatic carbocycles. The van der Waals surface area contributed by atoms with Crippen molar-refractivity contribution in [2.24, 2.45) is 0 Å². The lowest BCUT2D eigenvalue weighted by molar-refractivity contribution is -0.119. The Labute approximate surface area is 141 Å². The number of nitrogens with zero attached hydrogens (tertiary/aromatic N) is 2. The van der Waals surface area contributed by atoms with Crippen molar-refractivity contribution in [3.63, 3.8) is 0 Å². The second-order valence-corrected chi connectivity index (χ2v) is 5.39. The number of amides is 3. The Morgan fingerprint density at radius 3 is 2.52 bits per heavy atom. The zero-order valence-electron chi connectivity index (χ0n) is 11.5. The molecule has 23 heavy (non-hydrogen) atoms. The van der Waals surface area contributed by atoms with E-state index in [1.807, 2.05) is 0 Å². The fourth-order valence-electron chi connectivity index (χ4n) is 2.02. The summed E-state index contributed by atoms with van der Waals surface area (Å²) in [6.07, 6.45) is 2.81. The number of para-hydroxylation sites is 2. The molecule has 0 saturated carbocycles. The van der Waals surface area contributed by atoms with E-state index >= 15 is 0 Å². The fourth-order valence-corrected chi connectivity index (χ4v) is 2.46. The lowest BCUT2D eigenvalue weighted by Gasteiger charge is -2.29. The first-order valence-electron chi connectivity index (χ1n) is 6.48. The van der Waals surface area contributed by atoms with Crippen LogP contribution in [0.5, 0.6) is 11.5 Å². The molecule has 0 atom stereocenters. The van der Waals surface area contributed by atoms with Crippen molar-refractivity contribution in [2.45, 2.75) is 0 Å². The number of urea groups is 1. The molecule has 1 aliphatic rings. The number of pyridine rings is 1. The predicted molar refractivity (Wildman–Crippen MR) is 84.8 cm³/mol. The van der Waals surface area contributed by atoms with Gasteiger partial charge in [-0.05, 0) is 12.1 Å². The van der Waals surface area contributed by atoms with Crippen molar-refractivity contribution in [3.8, 4) is 11.5 Å². The number of hydrazine groups is 1. The molecule has 7 nitrogen and oxygen atoms in total. The number of nitrogens with one attached hydrogen (secondary N) is 2. The molecule has 1 aromatic heterocycles. The molecule has 1 aliphatic heterocycles. The summed E-state index contributed by atoms with van der Waals surface area (Å²) < 4.78 is 5.77. The largest absolute Gasteiger partial charge is 0.452 e. The van der Waals surface area contributed by atoms with Gasteiger partial charge in [-0.2, -0.15) is 0 Å². The molecule has 2 aromatic rings. The second kappa shape index (κ2) is 6.31. The van der Waals surface area contributed by atoms with E-state index in [-0.39, 0.29) is 22.3 Å². The molecule has 0 bridgehead atoms. The number of imide groups is 1. The van der Waals surface area contributed by atoms with Gasteiger partial charge in [0.25, 0.3) is 0 Å². The van der Waals surface area contributed by atoms with Gasteiger partial charge in [-0.15, -0.1) is 0 Å². The number of halogens is 2. The van der Waals surface area contributed by atoms with Crippen LogP contribution < -0.4 is 20.5 Å². The molecule has 1 saturated heterocycles. The van der Waals surface area contributed by atoms with Gasteiger partial charge in [0, 0.05) is 12.4 Å². The third-order valence-electron chi connectivity index (χ3n) is 2.97. The van der Waals surface area contributed by atoms with E-state index in [0.717, 1.165) is 0 Å². The summed E-state index contributed by atoms with van der Waals surface area (Å²) in [5.74, 6) is 0.185. The van der Waals surface area contributed by atoms with E-state index in [9.17, 15) is 9.59 Å². The smallest absolute Gasteiger partial charge is 0.340 e. The number of hydrogen-bond acceptors (Lipinski definition) is 5. The lowest BCUT2D eigenvalue weighted by atomic mass is 10.2. The third-order valence-corrected chi connectivity index (χ3v) is 3.51. The minimum absolute atomic E-state index is 0.0517. The van der Waals surface area contributed by atoms with Crippen LogP contribution in [0.25, 0.3) is 0 Å². The van der Waals surface area contributed by atoms with Crippen LogP contribution in [0.15, 0.2) is 36.7 Å². The van der Waals surface area contributed by atoms with Crippen molar-refractivity contribution in [2.75, 3.05) is 11.6 Å². The van der Waals surface area contributed by atoms with Crippen LogP contribution in [-0.2, 0) is 4.79 Å². The Balaban J connectivity index is 1.95. The summed E-state index contributed by atoms with van der Waals surface area (Å²) in [5, 5.41) is 4.01. The molecule has 0 radical (unpaired) electrons. The highest BCUT2D eigenvalue weighted by Gasteiger charge is 2.24. The van der Waals surface area contributed by atoms with Crippen LogP contribution in [0, 0.1) is 0 Å². The Bertz CT molecular complexity index is 748. The highest BCUT2D eigenvalue weighted by molar-refractivity contribution is 6.36. The van der Waals surface area contributed by atoms with E-state index in [4.69, 9.17) is 27.9 Å². The third kappa shape index (κ3) is 3.30. The van der Waals surface area contributed by atoms with Gasteiger partial charge in [0.05, 0.1) is 0 Å². The minimum atomic E-state index is -0.615. The van der Waals surface area contributed by atoms with Gasteiger partial charge in [-0.1, -0.05) is 35.3 Å². The monoisotopic (exact) mass is 352 g/mol. The summed E-state index contributed by atoms with van der Waals surface area (Å²) in [4.78, 5) is 26.8. The molecule has 2 heterocycles. The maximum Gasteiger partial charge on any atom is 0.340 e. The maximum atomic E-state index is 11.5. The molecule has 0 spiro atoms. The first-order valence-corrected chi connectivity index (χ1v) is 7.24. The van der Waals surface area contributed by atoms with Crippen LogP contribution in [-0.4, -0.2) is 23.5 Å². The Morgan fingerprint density at radius 1 is 1.13 bits per heavy atom. The number of anilines is 1. The van der Waals surface area contributed by atoms with Gasteiger partial charge >= 0.3 is 6.03 Å². The molecule has 118 valence electrons. The summed E-state index contributed by atoms with van der Waals surface area (Å²) in [5.41, 5.74) is 3.01. The van der Waals surface area contributed by atoms with E-state index in [1.54, 1.807) is 24.3 Å². The van der Waals surface area contributed by atoms with Gasteiger partial charge < -0.3 is 4.74 Å². The summed E-state index contributed by atoms with van der Waals surface area (Å²) in [6.45, 7) is -0.0517. The molecule has 3 rings (SSSR count).